The van der Waals surface area contributed by atoms with Crippen LogP contribution in [0.15, 0.2) is 22.7 Å². The summed E-state index contributed by atoms with van der Waals surface area (Å²) in [5.41, 5.74) is 0.790. The molecule has 138 valence electrons. The van der Waals surface area contributed by atoms with Crippen LogP contribution in [0.2, 0.25) is 0 Å². The first-order chi connectivity index (χ1) is 12.3. The number of nitrogens with one attached hydrogen (secondary N) is 1. The number of nitrogens with zero attached hydrogens (tertiary/aromatic N) is 2. The minimum Gasteiger partial charge on any atom is -0.493 e. The van der Waals surface area contributed by atoms with Gasteiger partial charge in [-0.3, -0.25) is 9.69 Å². The second kappa shape index (κ2) is 6.36. The number of urea groups is 1. The zero-order valence-electron chi connectivity index (χ0n) is 15.4. The Morgan fingerprint density at radius 2 is 1.88 bits per heavy atom. The van der Waals surface area contributed by atoms with Crippen molar-refractivity contribution in [2.45, 2.75) is 32.9 Å². The van der Waals surface area contributed by atoms with Crippen LogP contribution in [0.25, 0.3) is 0 Å². The highest BCUT2D eigenvalue weighted by molar-refractivity contribution is 6.07. The van der Waals surface area contributed by atoms with Crippen molar-refractivity contribution in [2.75, 3.05) is 14.2 Å². The Bertz CT molecular complexity index is 856. The van der Waals surface area contributed by atoms with Gasteiger partial charge in [0.25, 0.3) is 5.91 Å². The molecule has 8 heteroatoms. The molecule has 0 radical (unpaired) electrons. The number of amides is 3. The number of carbonyl (C=O) groups is 2. The third-order valence-electron chi connectivity index (χ3n) is 4.73. The number of carbonyl (C=O) groups excluding carboxylic acids is 2. The van der Waals surface area contributed by atoms with Crippen molar-refractivity contribution >= 4 is 11.9 Å². The number of aromatic nitrogens is 1. The number of benzene rings is 1. The maximum absolute atomic E-state index is 13.1. The molecule has 0 saturated carbocycles. The number of methoxy groups -OCH3 is 2. The van der Waals surface area contributed by atoms with E-state index in [0.717, 1.165) is 5.56 Å². The highest BCUT2D eigenvalue weighted by Gasteiger charge is 2.49. The first-order valence-corrected chi connectivity index (χ1v) is 8.10. The molecule has 1 aliphatic rings. The summed E-state index contributed by atoms with van der Waals surface area (Å²) in [6.45, 7) is 5.30. The van der Waals surface area contributed by atoms with Gasteiger partial charge in [-0.25, -0.2) is 4.79 Å². The molecule has 0 aliphatic carbocycles. The van der Waals surface area contributed by atoms with E-state index < -0.39 is 11.6 Å². The summed E-state index contributed by atoms with van der Waals surface area (Å²) in [4.78, 5) is 26.7. The van der Waals surface area contributed by atoms with Crippen LogP contribution in [-0.4, -0.2) is 36.2 Å². The number of hydrogen-bond donors (Lipinski definition) is 1. The number of rotatable bonds is 5. The van der Waals surface area contributed by atoms with E-state index in [1.54, 1.807) is 39.0 Å². The summed E-state index contributed by atoms with van der Waals surface area (Å²) in [6, 6.07) is 4.66. The first-order valence-electron chi connectivity index (χ1n) is 8.10. The van der Waals surface area contributed by atoms with Crippen LogP contribution in [-0.2, 0) is 16.9 Å². The molecule has 1 fully saturated rings. The van der Waals surface area contributed by atoms with E-state index >= 15 is 0 Å². The summed E-state index contributed by atoms with van der Waals surface area (Å²) in [6.07, 6.45) is 0. The van der Waals surface area contributed by atoms with Gasteiger partial charge in [-0.2, -0.15) is 0 Å². The third kappa shape index (κ3) is 2.67. The minimum atomic E-state index is -1.20. The maximum Gasteiger partial charge on any atom is 0.325 e. The van der Waals surface area contributed by atoms with Crippen molar-refractivity contribution in [3.8, 4) is 11.5 Å². The van der Waals surface area contributed by atoms with Crippen molar-refractivity contribution in [1.29, 1.82) is 0 Å². The molecule has 1 aromatic carbocycles. The smallest absolute Gasteiger partial charge is 0.325 e. The molecule has 26 heavy (non-hydrogen) atoms. The lowest BCUT2D eigenvalue weighted by Crippen LogP contribution is -2.40. The largest absolute Gasteiger partial charge is 0.493 e. The maximum atomic E-state index is 13.1. The van der Waals surface area contributed by atoms with E-state index in [1.165, 1.54) is 19.1 Å². The lowest BCUT2D eigenvalue weighted by atomic mass is 9.91. The van der Waals surface area contributed by atoms with Crippen LogP contribution in [0.4, 0.5) is 4.79 Å². The van der Waals surface area contributed by atoms with E-state index in [4.69, 9.17) is 14.0 Å². The Morgan fingerprint density at radius 1 is 1.19 bits per heavy atom. The van der Waals surface area contributed by atoms with Crippen LogP contribution >= 0.6 is 0 Å². The molecule has 2 heterocycles. The molecule has 8 nitrogen and oxygen atoms in total. The highest BCUT2D eigenvalue weighted by atomic mass is 16.5. The fourth-order valence-corrected chi connectivity index (χ4v) is 3.07. The van der Waals surface area contributed by atoms with Crippen molar-refractivity contribution in [2.24, 2.45) is 0 Å². The lowest BCUT2D eigenvalue weighted by Gasteiger charge is -2.23. The van der Waals surface area contributed by atoms with Gasteiger partial charge in [0, 0.05) is 5.56 Å². The molecule has 0 spiro atoms. The quantitative estimate of drug-likeness (QED) is 0.823. The van der Waals surface area contributed by atoms with Gasteiger partial charge in [0.2, 0.25) is 0 Å². The molecule has 1 N–H and O–H groups in total. The van der Waals surface area contributed by atoms with Gasteiger partial charge in [-0.15, -0.1) is 0 Å². The van der Waals surface area contributed by atoms with Crippen LogP contribution in [0.5, 0.6) is 11.5 Å². The molecule has 3 rings (SSSR count). The number of imide groups is 1. The monoisotopic (exact) mass is 359 g/mol. The van der Waals surface area contributed by atoms with Gasteiger partial charge in [-0.1, -0.05) is 11.2 Å². The zero-order chi connectivity index (χ0) is 19.1. The lowest BCUT2D eigenvalue weighted by molar-refractivity contribution is -0.131. The van der Waals surface area contributed by atoms with Gasteiger partial charge in [-0.05, 0) is 38.5 Å². The van der Waals surface area contributed by atoms with Crippen LogP contribution in [0.3, 0.4) is 0 Å². The summed E-state index contributed by atoms with van der Waals surface area (Å²) in [7, 11) is 3.05. The van der Waals surface area contributed by atoms with Gasteiger partial charge >= 0.3 is 6.03 Å². The normalized spacial score (nSPS) is 19.7. The highest BCUT2D eigenvalue weighted by Crippen LogP contribution is 2.36. The summed E-state index contributed by atoms with van der Waals surface area (Å²) in [5.74, 6) is 1.26. The standard InChI is InChI=1S/C18H21N3O5/c1-10-13(11(2)26-20-10)9-21-16(22)18(3,19-17(21)23)12-6-7-14(24-4)15(8-12)25-5/h6-8H,9H2,1-5H3,(H,19,23)/t18-/m1/s1. The Kier molecular flexibility index (Phi) is 4.35. The summed E-state index contributed by atoms with van der Waals surface area (Å²) >= 11 is 0. The summed E-state index contributed by atoms with van der Waals surface area (Å²) < 4.78 is 15.6. The third-order valence-corrected chi connectivity index (χ3v) is 4.73. The van der Waals surface area contributed by atoms with Crippen LogP contribution in [0, 0.1) is 13.8 Å². The Balaban J connectivity index is 1.94. The second-order valence-electron chi connectivity index (χ2n) is 6.32. The van der Waals surface area contributed by atoms with Crippen molar-refractivity contribution in [1.82, 2.24) is 15.4 Å². The first kappa shape index (κ1) is 17.8. The van der Waals surface area contributed by atoms with Crippen molar-refractivity contribution in [3.63, 3.8) is 0 Å². The molecule has 1 atom stereocenters. The van der Waals surface area contributed by atoms with Gasteiger partial charge in [0.15, 0.2) is 11.5 Å². The Morgan fingerprint density at radius 3 is 2.46 bits per heavy atom. The summed E-state index contributed by atoms with van der Waals surface area (Å²) in [5, 5.41) is 6.65. The SMILES string of the molecule is COc1ccc([C@@]2(C)NC(=O)N(Cc3c(C)noc3C)C2=O)cc1OC. The zero-order valence-corrected chi connectivity index (χ0v) is 15.4. The van der Waals surface area contributed by atoms with Crippen LogP contribution in [0.1, 0.15) is 29.5 Å². The second-order valence-corrected chi connectivity index (χ2v) is 6.32. The van der Waals surface area contributed by atoms with Gasteiger partial charge in [0.1, 0.15) is 11.3 Å². The molecular weight excluding hydrogens is 338 g/mol. The Labute approximate surface area is 151 Å². The number of hydrogen-bond acceptors (Lipinski definition) is 6. The van der Waals surface area contributed by atoms with Gasteiger partial charge < -0.3 is 19.3 Å². The van der Waals surface area contributed by atoms with Crippen molar-refractivity contribution in [3.05, 3.63) is 40.8 Å². The van der Waals surface area contributed by atoms with Crippen molar-refractivity contribution < 1.29 is 23.6 Å². The molecule has 2 aromatic rings. The van der Waals surface area contributed by atoms with E-state index in [0.29, 0.717) is 28.5 Å². The average molecular weight is 359 g/mol. The molecule has 3 amide bonds. The average Bonchev–Trinajstić information content (AvgIpc) is 3.06. The number of ether oxygens (including phenoxy) is 2. The predicted molar refractivity (Wildman–Crippen MR) is 92.0 cm³/mol. The molecular formula is C18H21N3O5. The fraction of sp³-hybridized carbons (Fsp3) is 0.389. The van der Waals surface area contributed by atoms with E-state index in [2.05, 4.69) is 10.5 Å². The fourth-order valence-electron chi connectivity index (χ4n) is 3.07. The Hall–Kier alpha value is -3.03. The molecule has 0 bridgehead atoms. The molecule has 1 aromatic heterocycles. The van der Waals surface area contributed by atoms with E-state index in [-0.39, 0.29) is 12.5 Å². The van der Waals surface area contributed by atoms with E-state index in [1.807, 2.05) is 0 Å². The molecule has 0 unspecified atom stereocenters. The molecule has 1 saturated heterocycles. The predicted octanol–water partition coefficient (Wildman–Crippen LogP) is 2.28. The topological polar surface area (TPSA) is 93.9 Å². The van der Waals surface area contributed by atoms with Crippen LogP contribution < -0.4 is 14.8 Å². The van der Waals surface area contributed by atoms with Gasteiger partial charge in [0.05, 0.1) is 26.5 Å². The van der Waals surface area contributed by atoms with E-state index in [9.17, 15) is 9.59 Å². The number of aryl methyl sites for hydroxylation is 2. The molecule has 1 aliphatic heterocycles. The minimum absolute atomic E-state index is 0.106.